The highest BCUT2D eigenvalue weighted by molar-refractivity contribution is 7.90. The van der Waals surface area contributed by atoms with Gasteiger partial charge in [-0.3, -0.25) is 5.32 Å². The van der Waals surface area contributed by atoms with Crippen LogP contribution in [0.15, 0.2) is 65.0 Å². The fraction of sp³-hybridized carbons (Fsp3) is 0.182. The molecule has 1 N–H and O–H groups in total. The Morgan fingerprint density at radius 3 is 2.56 bits per heavy atom. The zero-order valence-electron chi connectivity index (χ0n) is 17.5. The van der Waals surface area contributed by atoms with Crippen LogP contribution in [0.25, 0.3) is 22.2 Å². The summed E-state index contributed by atoms with van der Waals surface area (Å²) in [5, 5.41) is 5.63. The summed E-state index contributed by atoms with van der Waals surface area (Å²) in [7, 11) is -3.98. The van der Waals surface area contributed by atoms with Crippen LogP contribution in [0.5, 0.6) is 0 Å². The first kappa shape index (κ1) is 22.3. The monoisotopic (exact) mass is 489 g/mol. The lowest BCUT2D eigenvalue weighted by Gasteiger charge is -2.19. The number of nitrogens with zero attached hydrogens (tertiary/aromatic N) is 2. The number of anilines is 1. The zero-order chi connectivity index (χ0) is 23.1. The van der Waals surface area contributed by atoms with Crippen molar-refractivity contribution in [1.29, 1.82) is 0 Å². The van der Waals surface area contributed by atoms with E-state index in [1.807, 2.05) is 0 Å². The Balaban J connectivity index is 1.80. The minimum atomic E-state index is -3.98. The Morgan fingerprint density at radius 1 is 1.16 bits per heavy atom. The van der Waals surface area contributed by atoms with Crippen molar-refractivity contribution >= 4 is 55.1 Å². The summed E-state index contributed by atoms with van der Waals surface area (Å²) in [6.45, 7) is 5.34. The third kappa shape index (κ3) is 4.23. The zero-order valence-corrected chi connectivity index (χ0v) is 19.9. The van der Waals surface area contributed by atoms with Crippen molar-refractivity contribution in [1.82, 2.24) is 8.96 Å². The summed E-state index contributed by atoms with van der Waals surface area (Å²) in [5.74, 6) is 0. The van der Waals surface area contributed by atoms with E-state index >= 15 is 0 Å². The molecule has 1 amide bonds. The van der Waals surface area contributed by atoms with Crippen molar-refractivity contribution in [2.75, 3.05) is 5.32 Å². The molecule has 0 aliphatic rings. The minimum absolute atomic E-state index is 0.0178. The summed E-state index contributed by atoms with van der Waals surface area (Å²) in [5.41, 5.74) is 0.774. The Hall–Kier alpha value is -2.88. The van der Waals surface area contributed by atoms with Gasteiger partial charge in [0.15, 0.2) is 5.65 Å². The van der Waals surface area contributed by atoms with Crippen LogP contribution in [-0.2, 0) is 14.8 Å². The molecule has 1 aromatic carbocycles. The standard InChI is InChI=1S/C22H20ClN3O4S2/c1-22(2,3)30-21(27)25-17-12-14(13-31-17)18-16-10-7-11-24-20(16)26(19(18)23)32(28,29)15-8-5-4-6-9-15/h4-13H,1-3H3,(H,25,27). The van der Waals surface area contributed by atoms with Crippen LogP contribution in [0.2, 0.25) is 5.15 Å². The number of hydrogen-bond acceptors (Lipinski definition) is 6. The van der Waals surface area contributed by atoms with Gasteiger partial charge in [-0.25, -0.2) is 22.2 Å². The maximum absolute atomic E-state index is 13.4. The number of nitrogens with one attached hydrogen (secondary N) is 1. The van der Waals surface area contributed by atoms with Crippen molar-refractivity contribution in [3.8, 4) is 11.1 Å². The Kier molecular flexibility index (Phi) is 5.74. The number of carbonyl (C=O) groups excluding carboxylic acids is 1. The second-order valence-electron chi connectivity index (χ2n) is 7.95. The summed E-state index contributed by atoms with van der Waals surface area (Å²) < 4.78 is 33.1. The third-order valence-electron chi connectivity index (χ3n) is 4.43. The van der Waals surface area contributed by atoms with E-state index in [1.54, 1.807) is 62.5 Å². The van der Waals surface area contributed by atoms with E-state index in [1.165, 1.54) is 29.7 Å². The van der Waals surface area contributed by atoms with Gasteiger partial charge >= 0.3 is 6.09 Å². The highest BCUT2D eigenvalue weighted by Crippen LogP contribution is 2.41. The number of ether oxygens (including phenoxy) is 1. The fourth-order valence-electron chi connectivity index (χ4n) is 3.19. The van der Waals surface area contributed by atoms with Crippen LogP contribution in [0.4, 0.5) is 9.80 Å². The minimum Gasteiger partial charge on any atom is -0.444 e. The van der Waals surface area contributed by atoms with Crippen molar-refractivity contribution < 1.29 is 17.9 Å². The van der Waals surface area contributed by atoms with Crippen LogP contribution in [0.1, 0.15) is 20.8 Å². The van der Waals surface area contributed by atoms with Gasteiger partial charge < -0.3 is 4.74 Å². The SMILES string of the molecule is CC(C)(C)OC(=O)Nc1cc(-c2c(Cl)n(S(=O)(=O)c3ccccc3)c3ncccc23)cs1. The topological polar surface area (TPSA) is 90.3 Å². The number of amides is 1. The average molecular weight is 490 g/mol. The normalized spacial score (nSPS) is 12.1. The molecule has 3 aromatic heterocycles. The molecule has 4 aromatic rings. The number of carbonyl (C=O) groups is 1. The van der Waals surface area contributed by atoms with E-state index in [-0.39, 0.29) is 15.7 Å². The van der Waals surface area contributed by atoms with Crippen molar-refractivity contribution in [2.45, 2.75) is 31.3 Å². The van der Waals surface area contributed by atoms with Crippen molar-refractivity contribution in [2.24, 2.45) is 0 Å². The van der Waals surface area contributed by atoms with Crippen LogP contribution < -0.4 is 5.32 Å². The molecule has 0 radical (unpaired) electrons. The number of hydrogen-bond donors (Lipinski definition) is 1. The molecule has 0 saturated heterocycles. The van der Waals surface area contributed by atoms with Gasteiger partial charge in [0.1, 0.15) is 10.8 Å². The lowest BCUT2D eigenvalue weighted by Crippen LogP contribution is -2.26. The molecule has 0 unspecified atom stereocenters. The van der Waals surface area contributed by atoms with E-state index in [2.05, 4.69) is 10.3 Å². The van der Waals surface area contributed by atoms with Gasteiger partial charge in [0.25, 0.3) is 10.0 Å². The summed E-state index contributed by atoms with van der Waals surface area (Å²) in [6, 6.07) is 13.3. The lowest BCUT2D eigenvalue weighted by atomic mass is 10.1. The first-order valence-corrected chi connectivity index (χ1v) is 12.3. The van der Waals surface area contributed by atoms with Gasteiger partial charge in [0.2, 0.25) is 0 Å². The van der Waals surface area contributed by atoms with E-state index in [0.717, 1.165) is 3.97 Å². The number of benzene rings is 1. The summed E-state index contributed by atoms with van der Waals surface area (Å²) >= 11 is 7.94. The number of fused-ring (bicyclic) bond motifs is 1. The van der Waals surface area contributed by atoms with E-state index in [9.17, 15) is 13.2 Å². The van der Waals surface area contributed by atoms with Crippen LogP contribution in [0.3, 0.4) is 0 Å². The predicted octanol–water partition coefficient (Wildman–Crippen LogP) is 6.00. The number of rotatable bonds is 4. The molecule has 166 valence electrons. The molecular weight excluding hydrogens is 470 g/mol. The Morgan fingerprint density at radius 2 is 1.88 bits per heavy atom. The molecular formula is C22H20ClN3O4S2. The van der Waals surface area contributed by atoms with Gasteiger partial charge in [-0.15, -0.1) is 11.3 Å². The third-order valence-corrected chi connectivity index (χ3v) is 7.43. The second kappa shape index (κ2) is 8.23. The molecule has 0 aliphatic heterocycles. The Bertz CT molecular complexity index is 1400. The molecule has 4 rings (SSSR count). The van der Waals surface area contributed by atoms with Gasteiger partial charge in [-0.05, 0) is 56.7 Å². The number of halogens is 1. The highest BCUT2D eigenvalue weighted by Gasteiger charge is 2.28. The molecule has 0 spiro atoms. The number of thiophene rings is 1. The fourth-order valence-corrected chi connectivity index (χ4v) is 5.92. The molecule has 3 heterocycles. The largest absolute Gasteiger partial charge is 0.444 e. The molecule has 0 bridgehead atoms. The quantitative estimate of drug-likeness (QED) is 0.379. The highest BCUT2D eigenvalue weighted by atomic mass is 35.5. The Labute approximate surface area is 194 Å². The molecule has 32 heavy (non-hydrogen) atoms. The number of pyridine rings is 1. The number of aromatic nitrogens is 2. The van der Waals surface area contributed by atoms with Gasteiger partial charge in [-0.1, -0.05) is 29.8 Å². The molecule has 0 atom stereocenters. The summed E-state index contributed by atoms with van der Waals surface area (Å²) in [6.07, 6.45) is 0.940. The lowest BCUT2D eigenvalue weighted by molar-refractivity contribution is 0.0636. The first-order valence-electron chi connectivity index (χ1n) is 9.62. The van der Waals surface area contributed by atoms with Gasteiger partial charge in [0, 0.05) is 22.5 Å². The van der Waals surface area contributed by atoms with Gasteiger partial charge in [0.05, 0.1) is 9.90 Å². The average Bonchev–Trinajstić information content (AvgIpc) is 3.28. The van der Waals surface area contributed by atoms with Crippen molar-refractivity contribution in [3.63, 3.8) is 0 Å². The molecule has 0 fully saturated rings. The maximum Gasteiger partial charge on any atom is 0.412 e. The molecule has 0 aliphatic carbocycles. The maximum atomic E-state index is 13.4. The van der Waals surface area contributed by atoms with Crippen LogP contribution in [-0.4, -0.2) is 29.1 Å². The van der Waals surface area contributed by atoms with Crippen LogP contribution in [0, 0.1) is 0 Å². The van der Waals surface area contributed by atoms with Crippen LogP contribution >= 0.6 is 22.9 Å². The molecule has 7 nitrogen and oxygen atoms in total. The smallest absolute Gasteiger partial charge is 0.412 e. The first-order chi connectivity index (χ1) is 15.1. The molecule has 10 heteroatoms. The van der Waals surface area contributed by atoms with E-state index in [4.69, 9.17) is 16.3 Å². The molecule has 0 saturated carbocycles. The second-order valence-corrected chi connectivity index (χ2v) is 11.0. The predicted molar refractivity (Wildman–Crippen MR) is 127 cm³/mol. The van der Waals surface area contributed by atoms with Crippen molar-refractivity contribution in [3.05, 3.63) is 65.3 Å². The summed E-state index contributed by atoms with van der Waals surface area (Å²) in [4.78, 5) is 16.5. The van der Waals surface area contributed by atoms with E-state index < -0.39 is 21.7 Å². The van der Waals surface area contributed by atoms with Gasteiger partial charge in [-0.2, -0.15) is 0 Å². The van der Waals surface area contributed by atoms with E-state index in [0.29, 0.717) is 21.5 Å².